The minimum atomic E-state index is 0.562. The van der Waals surface area contributed by atoms with Gasteiger partial charge in [-0.1, -0.05) is 38.1 Å². The van der Waals surface area contributed by atoms with Crippen molar-refractivity contribution in [3.8, 4) is 5.75 Å². The first-order chi connectivity index (χ1) is 9.65. The van der Waals surface area contributed by atoms with E-state index in [0.29, 0.717) is 12.5 Å². The van der Waals surface area contributed by atoms with Gasteiger partial charge in [-0.15, -0.1) is 0 Å². The molecule has 0 saturated heterocycles. The summed E-state index contributed by atoms with van der Waals surface area (Å²) in [6.07, 6.45) is 0. The van der Waals surface area contributed by atoms with Crippen molar-refractivity contribution in [1.82, 2.24) is 0 Å². The van der Waals surface area contributed by atoms with Crippen molar-refractivity contribution >= 4 is 5.69 Å². The molecule has 106 valence electrons. The number of rotatable bonds is 6. The third kappa shape index (κ3) is 4.30. The number of hydrogen-bond donors (Lipinski definition) is 1. The molecule has 20 heavy (non-hydrogen) atoms. The van der Waals surface area contributed by atoms with Gasteiger partial charge in [-0.05, 0) is 48.2 Å². The summed E-state index contributed by atoms with van der Waals surface area (Å²) in [6.45, 7) is 7.95. The topological polar surface area (TPSA) is 21.3 Å². The van der Waals surface area contributed by atoms with E-state index in [0.717, 1.165) is 18.0 Å². The summed E-state index contributed by atoms with van der Waals surface area (Å²) in [5.41, 5.74) is 3.75. The highest BCUT2D eigenvalue weighted by molar-refractivity contribution is 5.45. The summed E-state index contributed by atoms with van der Waals surface area (Å²) in [6, 6.07) is 16.7. The smallest absolute Gasteiger partial charge is 0.119 e. The highest BCUT2D eigenvalue weighted by Gasteiger charge is 1.99. The number of nitrogens with one attached hydrogen (secondary N) is 1. The molecule has 0 saturated carbocycles. The highest BCUT2D eigenvalue weighted by Crippen LogP contribution is 2.18. The van der Waals surface area contributed by atoms with Crippen LogP contribution < -0.4 is 10.1 Å². The Morgan fingerprint density at radius 3 is 2.45 bits per heavy atom. The standard InChI is InChI=1S/C18H23NO/c1-14(2)16-7-9-18(10-8-16)20-12-11-19-17-6-4-5-15(3)13-17/h4-10,13-14,19H,11-12H2,1-3H3. The summed E-state index contributed by atoms with van der Waals surface area (Å²) in [5.74, 6) is 1.49. The van der Waals surface area contributed by atoms with Gasteiger partial charge in [0.15, 0.2) is 0 Å². The fourth-order valence-corrected chi connectivity index (χ4v) is 2.07. The molecule has 2 rings (SSSR count). The average molecular weight is 269 g/mol. The quantitative estimate of drug-likeness (QED) is 0.773. The fraction of sp³-hybridized carbons (Fsp3) is 0.333. The summed E-state index contributed by atoms with van der Waals surface area (Å²) in [7, 11) is 0. The van der Waals surface area contributed by atoms with Crippen LogP contribution >= 0.6 is 0 Å². The Bertz CT molecular complexity index is 531. The van der Waals surface area contributed by atoms with Gasteiger partial charge in [0.05, 0.1) is 0 Å². The van der Waals surface area contributed by atoms with Crippen LogP contribution in [0.1, 0.15) is 30.9 Å². The first kappa shape index (κ1) is 14.4. The number of ether oxygens (including phenoxy) is 1. The van der Waals surface area contributed by atoms with Crippen LogP contribution in [0.15, 0.2) is 48.5 Å². The lowest BCUT2D eigenvalue weighted by atomic mass is 10.0. The Labute approximate surface area is 121 Å². The molecular formula is C18H23NO. The predicted octanol–water partition coefficient (Wildman–Crippen LogP) is 4.61. The van der Waals surface area contributed by atoms with Gasteiger partial charge in [-0.3, -0.25) is 0 Å². The van der Waals surface area contributed by atoms with Crippen LogP contribution in [-0.2, 0) is 0 Å². The molecule has 0 atom stereocenters. The summed E-state index contributed by atoms with van der Waals surface area (Å²) < 4.78 is 5.73. The lowest BCUT2D eigenvalue weighted by molar-refractivity contribution is 0.333. The van der Waals surface area contributed by atoms with Crippen LogP contribution in [0.25, 0.3) is 0 Å². The molecule has 0 spiro atoms. The molecular weight excluding hydrogens is 246 g/mol. The normalized spacial score (nSPS) is 10.6. The van der Waals surface area contributed by atoms with Crippen LogP contribution in [0.5, 0.6) is 5.75 Å². The van der Waals surface area contributed by atoms with Gasteiger partial charge >= 0.3 is 0 Å². The van der Waals surface area contributed by atoms with E-state index in [1.54, 1.807) is 0 Å². The summed E-state index contributed by atoms with van der Waals surface area (Å²) >= 11 is 0. The van der Waals surface area contributed by atoms with Gasteiger partial charge in [0.1, 0.15) is 12.4 Å². The number of aryl methyl sites for hydroxylation is 1. The van der Waals surface area contributed by atoms with Crippen LogP contribution in [0.3, 0.4) is 0 Å². The van der Waals surface area contributed by atoms with Crippen molar-refractivity contribution in [2.75, 3.05) is 18.5 Å². The molecule has 0 radical (unpaired) electrons. The van der Waals surface area contributed by atoms with Gasteiger partial charge in [-0.25, -0.2) is 0 Å². The maximum Gasteiger partial charge on any atom is 0.119 e. The molecule has 0 bridgehead atoms. The highest BCUT2D eigenvalue weighted by atomic mass is 16.5. The zero-order valence-electron chi connectivity index (χ0n) is 12.5. The Kier molecular flexibility index (Phi) is 5.05. The molecule has 0 fully saturated rings. The Morgan fingerprint density at radius 2 is 1.80 bits per heavy atom. The maximum atomic E-state index is 5.73. The molecule has 0 aliphatic carbocycles. The van der Waals surface area contributed by atoms with E-state index in [2.05, 4.69) is 62.5 Å². The molecule has 0 aromatic heterocycles. The van der Waals surface area contributed by atoms with Crippen LogP contribution in [0.4, 0.5) is 5.69 Å². The Balaban J connectivity index is 1.75. The van der Waals surface area contributed by atoms with Gasteiger partial charge in [0.2, 0.25) is 0 Å². The van der Waals surface area contributed by atoms with E-state index < -0.39 is 0 Å². The zero-order valence-corrected chi connectivity index (χ0v) is 12.5. The van der Waals surface area contributed by atoms with E-state index in [1.165, 1.54) is 11.1 Å². The molecule has 0 heterocycles. The van der Waals surface area contributed by atoms with Crippen molar-refractivity contribution in [3.63, 3.8) is 0 Å². The van der Waals surface area contributed by atoms with Gasteiger partial charge < -0.3 is 10.1 Å². The van der Waals surface area contributed by atoms with Crippen LogP contribution in [0.2, 0.25) is 0 Å². The van der Waals surface area contributed by atoms with Gasteiger partial charge in [0, 0.05) is 12.2 Å². The lowest BCUT2D eigenvalue weighted by Gasteiger charge is -2.10. The van der Waals surface area contributed by atoms with Crippen LogP contribution in [-0.4, -0.2) is 13.2 Å². The molecule has 2 aromatic carbocycles. The second kappa shape index (κ2) is 6.99. The van der Waals surface area contributed by atoms with Crippen molar-refractivity contribution in [1.29, 1.82) is 0 Å². The van der Waals surface area contributed by atoms with Gasteiger partial charge in [-0.2, -0.15) is 0 Å². The minimum absolute atomic E-state index is 0.562. The largest absolute Gasteiger partial charge is 0.492 e. The first-order valence-corrected chi connectivity index (χ1v) is 7.18. The summed E-state index contributed by atoms with van der Waals surface area (Å²) in [5, 5.41) is 3.36. The van der Waals surface area contributed by atoms with Crippen molar-refractivity contribution < 1.29 is 4.74 Å². The lowest BCUT2D eigenvalue weighted by Crippen LogP contribution is -2.11. The monoisotopic (exact) mass is 269 g/mol. The SMILES string of the molecule is Cc1cccc(NCCOc2ccc(C(C)C)cc2)c1. The van der Waals surface area contributed by atoms with E-state index in [4.69, 9.17) is 4.74 Å². The number of anilines is 1. The molecule has 0 aliphatic rings. The van der Waals surface area contributed by atoms with Crippen molar-refractivity contribution in [3.05, 3.63) is 59.7 Å². The van der Waals surface area contributed by atoms with Crippen molar-refractivity contribution in [2.24, 2.45) is 0 Å². The van der Waals surface area contributed by atoms with E-state index >= 15 is 0 Å². The maximum absolute atomic E-state index is 5.73. The Hall–Kier alpha value is -1.96. The molecule has 0 unspecified atom stereocenters. The summed E-state index contributed by atoms with van der Waals surface area (Å²) in [4.78, 5) is 0. The third-order valence-corrected chi connectivity index (χ3v) is 3.26. The number of benzene rings is 2. The molecule has 0 amide bonds. The Morgan fingerprint density at radius 1 is 1.05 bits per heavy atom. The molecule has 2 aromatic rings. The predicted molar refractivity (Wildman–Crippen MR) is 85.7 cm³/mol. The molecule has 0 aliphatic heterocycles. The second-order valence-corrected chi connectivity index (χ2v) is 5.37. The zero-order chi connectivity index (χ0) is 14.4. The minimum Gasteiger partial charge on any atom is -0.492 e. The molecule has 2 heteroatoms. The van der Waals surface area contributed by atoms with E-state index in [-0.39, 0.29) is 0 Å². The van der Waals surface area contributed by atoms with E-state index in [1.807, 2.05) is 12.1 Å². The number of hydrogen-bond acceptors (Lipinski definition) is 2. The third-order valence-electron chi connectivity index (χ3n) is 3.26. The second-order valence-electron chi connectivity index (χ2n) is 5.37. The average Bonchev–Trinajstić information content (AvgIpc) is 2.44. The van der Waals surface area contributed by atoms with Gasteiger partial charge in [0.25, 0.3) is 0 Å². The van der Waals surface area contributed by atoms with Crippen LogP contribution in [0, 0.1) is 6.92 Å². The molecule has 1 N–H and O–H groups in total. The van der Waals surface area contributed by atoms with E-state index in [9.17, 15) is 0 Å². The molecule has 2 nitrogen and oxygen atoms in total. The fourth-order valence-electron chi connectivity index (χ4n) is 2.07. The van der Waals surface area contributed by atoms with Crippen molar-refractivity contribution in [2.45, 2.75) is 26.7 Å². The first-order valence-electron chi connectivity index (χ1n) is 7.18.